The number of carbonyl (C=O) groups is 3. The summed E-state index contributed by atoms with van der Waals surface area (Å²) in [5, 5.41) is 11.5. The Balaban J connectivity index is 1.59. The topological polar surface area (TPSA) is 106 Å². The summed E-state index contributed by atoms with van der Waals surface area (Å²) in [6.45, 7) is 1.36. The molecule has 9 nitrogen and oxygen atoms in total. The zero-order valence-electron chi connectivity index (χ0n) is 22.0. The maximum Gasteiger partial charge on any atom is 0.249 e. The number of fused-ring (bicyclic) bond motifs is 1. The predicted octanol–water partition coefficient (Wildman–Crippen LogP) is 4.48. The van der Waals surface area contributed by atoms with E-state index in [9.17, 15) is 14.4 Å². The Morgan fingerprint density at radius 2 is 1.77 bits per heavy atom. The number of hydrogen-bond acceptors (Lipinski definition) is 6. The quantitative estimate of drug-likeness (QED) is 0.323. The van der Waals surface area contributed by atoms with Crippen molar-refractivity contribution in [2.24, 2.45) is 0 Å². The molecule has 0 spiro atoms. The van der Waals surface area contributed by atoms with E-state index in [-0.39, 0.29) is 30.2 Å². The Morgan fingerprint density at radius 1 is 1.03 bits per heavy atom. The van der Waals surface area contributed by atoms with Crippen molar-refractivity contribution >= 4 is 34.3 Å². The van der Waals surface area contributed by atoms with E-state index in [4.69, 9.17) is 4.74 Å². The summed E-state index contributed by atoms with van der Waals surface area (Å²) < 4.78 is 6.98. The van der Waals surface area contributed by atoms with E-state index in [1.54, 1.807) is 49.6 Å². The van der Waals surface area contributed by atoms with E-state index in [0.717, 1.165) is 25.7 Å². The number of para-hydroxylation sites is 1. The molecular weight excluding hydrogens is 494 g/mol. The molecule has 1 aliphatic rings. The molecule has 1 atom stereocenters. The van der Waals surface area contributed by atoms with Crippen LogP contribution in [0.2, 0.25) is 0 Å². The normalized spacial score (nSPS) is 14.2. The number of methoxy groups -OCH3 is 1. The summed E-state index contributed by atoms with van der Waals surface area (Å²) in [6, 6.07) is 20.4. The Morgan fingerprint density at radius 3 is 2.49 bits per heavy atom. The molecule has 1 heterocycles. The third kappa shape index (κ3) is 5.67. The molecule has 3 aromatic carbocycles. The SMILES string of the molecule is COc1cccc([C@H](C(=O)NC2CCCC2)N(C(=O)Cn2nnc3ccccc32)c2ccc(C(C)=O)cc2)c1. The zero-order chi connectivity index (χ0) is 27.4. The molecule has 1 saturated carbocycles. The maximum absolute atomic E-state index is 14.1. The van der Waals surface area contributed by atoms with Crippen LogP contribution in [0.15, 0.2) is 72.8 Å². The van der Waals surface area contributed by atoms with Crippen LogP contribution in [0.5, 0.6) is 5.75 Å². The van der Waals surface area contributed by atoms with Gasteiger partial charge in [0.2, 0.25) is 11.8 Å². The highest BCUT2D eigenvalue weighted by atomic mass is 16.5. The largest absolute Gasteiger partial charge is 0.497 e. The van der Waals surface area contributed by atoms with Gasteiger partial charge >= 0.3 is 0 Å². The number of nitrogens with one attached hydrogen (secondary N) is 1. The lowest BCUT2D eigenvalue weighted by Gasteiger charge is -2.32. The van der Waals surface area contributed by atoms with E-state index in [2.05, 4.69) is 15.6 Å². The van der Waals surface area contributed by atoms with E-state index in [1.165, 1.54) is 16.5 Å². The second kappa shape index (κ2) is 11.5. The molecule has 1 fully saturated rings. The molecule has 5 rings (SSSR count). The van der Waals surface area contributed by atoms with Gasteiger partial charge in [0.15, 0.2) is 5.78 Å². The lowest BCUT2D eigenvalue weighted by atomic mass is 10.0. The standard InChI is InChI=1S/C30H31N5O4/c1-20(36)21-14-16-24(17-15-21)35(28(37)19-34-27-13-6-5-12-26(27)32-33-34)29(22-8-7-11-25(18-22)39-2)30(38)31-23-9-3-4-10-23/h5-8,11-18,23,29H,3-4,9-10,19H2,1-2H3,(H,31,38)/t29-/m1/s1. The number of aromatic nitrogens is 3. The monoisotopic (exact) mass is 525 g/mol. The van der Waals surface area contributed by atoms with E-state index in [0.29, 0.717) is 33.6 Å². The van der Waals surface area contributed by atoms with Crippen molar-refractivity contribution in [2.75, 3.05) is 12.0 Å². The van der Waals surface area contributed by atoms with Crippen molar-refractivity contribution in [3.8, 4) is 5.75 Å². The first-order valence-corrected chi connectivity index (χ1v) is 13.1. The average Bonchev–Trinajstić information content (AvgIpc) is 3.61. The Bertz CT molecular complexity index is 1490. The predicted molar refractivity (Wildman–Crippen MR) is 148 cm³/mol. The fourth-order valence-corrected chi connectivity index (χ4v) is 5.11. The van der Waals surface area contributed by atoms with Crippen molar-refractivity contribution in [2.45, 2.75) is 51.2 Å². The summed E-state index contributed by atoms with van der Waals surface area (Å²) in [5.74, 6) is -0.136. The molecule has 0 unspecified atom stereocenters. The van der Waals surface area contributed by atoms with Gasteiger partial charge in [0.05, 0.1) is 12.6 Å². The summed E-state index contributed by atoms with van der Waals surface area (Å²) in [4.78, 5) is 41.5. The molecule has 0 radical (unpaired) electrons. The third-order valence-corrected chi connectivity index (χ3v) is 7.14. The first-order chi connectivity index (χ1) is 18.9. The molecule has 200 valence electrons. The average molecular weight is 526 g/mol. The van der Waals surface area contributed by atoms with Gasteiger partial charge in [0, 0.05) is 17.3 Å². The Hall–Kier alpha value is -4.53. The van der Waals surface area contributed by atoms with Gasteiger partial charge in [0.25, 0.3) is 0 Å². The number of benzene rings is 3. The number of ketones is 1. The highest BCUT2D eigenvalue weighted by Crippen LogP contribution is 2.32. The van der Waals surface area contributed by atoms with Crippen molar-refractivity contribution in [3.05, 3.63) is 83.9 Å². The minimum atomic E-state index is -0.980. The number of rotatable bonds is 9. The highest BCUT2D eigenvalue weighted by molar-refractivity contribution is 6.02. The fourth-order valence-electron chi connectivity index (χ4n) is 5.11. The van der Waals surface area contributed by atoms with Crippen LogP contribution in [0.4, 0.5) is 5.69 Å². The number of carbonyl (C=O) groups excluding carboxylic acids is 3. The smallest absolute Gasteiger partial charge is 0.249 e. The molecular formula is C30H31N5O4. The molecule has 4 aromatic rings. The van der Waals surface area contributed by atoms with Crippen LogP contribution in [-0.4, -0.2) is 45.7 Å². The van der Waals surface area contributed by atoms with E-state index in [1.807, 2.05) is 30.3 Å². The van der Waals surface area contributed by atoms with Gasteiger partial charge in [0.1, 0.15) is 23.9 Å². The number of hydrogen-bond donors (Lipinski definition) is 1. The second-order valence-corrected chi connectivity index (χ2v) is 9.77. The molecule has 2 amide bonds. The van der Waals surface area contributed by atoms with E-state index < -0.39 is 6.04 Å². The van der Waals surface area contributed by atoms with Crippen molar-refractivity contribution in [3.63, 3.8) is 0 Å². The molecule has 0 saturated heterocycles. The number of anilines is 1. The van der Waals surface area contributed by atoms with Gasteiger partial charge in [-0.2, -0.15) is 0 Å². The number of nitrogens with zero attached hydrogens (tertiary/aromatic N) is 4. The molecule has 9 heteroatoms. The number of Topliss-reactive ketones (excluding diaryl/α,β-unsaturated/α-hetero) is 1. The lowest BCUT2D eigenvalue weighted by Crippen LogP contribution is -2.47. The summed E-state index contributed by atoms with van der Waals surface area (Å²) in [7, 11) is 1.56. The van der Waals surface area contributed by atoms with Crippen LogP contribution in [0.3, 0.4) is 0 Å². The number of amides is 2. The summed E-state index contributed by atoms with van der Waals surface area (Å²) in [5.41, 5.74) is 3.00. The number of ether oxygens (including phenoxy) is 1. The molecule has 1 aliphatic carbocycles. The lowest BCUT2D eigenvalue weighted by molar-refractivity contribution is -0.127. The van der Waals surface area contributed by atoms with Gasteiger partial charge < -0.3 is 10.1 Å². The molecule has 0 aliphatic heterocycles. The van der Waals surface area contributed by atoms with Gasteiger partial charge in [-0.3, -0.25) is 19.3 Å². The molecule has 39 heavy (non-hydrogen) atoms. The second-order valence-electron chi connectivity index (χ2n) is 9.77. The van der Waals surface area contributed by atoms with Crippen molar-refractivity contribution < 1.29 is 19.1 Å². The van der Waals surface area contributed by atoms with Gasteiger partial charge in [-0.15, -0.1) is 5.10 Å². The minimum absolute atomic E-state index is 0.0573. The van der Waals surface area contributed by atoms with E-state index >= 15 is 0 Å². The Kier molecular flexibility index (Phi) is 7.67. The van der Waals surface area contributed by atoms with Crippen LogP contribution >= 0.6 is 0 Å². The van der Waals surface area contributed by atoms with Gasteiger partial charge in [-0.1, -0.05) is 42.3 Å². The fraction of sp³-hybridized carbons (Fsp3) is 0.300. The van der Waals surface area contributed by atoms with Crippen molar-refractivity contribution in [1.82, 2.24) is 20.3 Å². The highest BCUT2D eigenvalue weighted by Gasteiger charge is 2.35. The first-order valence-electron chi connectivity index (χ1n) is 13.1. The first kappa shape index (κ1) is 26.1. The molecule has 1 N–H and O–H groups in total. The maximum atomic E-state index is 14.1. The third-order valence-electron chi connectivity index (χ3n) is 7.14. The summed E-state index contributed by atoms with van der Waals surface area (Å²) in [6.07, 6.45) is 3.93. The summed E-state index contributed by atoms with van der Waals surface area (Å²) >= 11 is 0. The van der Waals surface area contributed by atoms with Crippen LogP contribution in [0.25, 0.3) is 11.0 Å². The minimum Gasteiger partial charge on any atom is -0.497 e. The van der Waals surface area contributed by atoms with Crippen LogP contribution in [-0.2, 0) is 16.1 Å². The molecule has 1 aromatic heterocycles. The zero-order valence-corrected chi connectivity index (χ0v) is 22.0. The van der Waals surface area contributed by atoms with Gasteiger partial charge in [-0.05, 0) is 73.9 Å². The molecule has 0 bridgehead atoms. The van der Waals surface area contributed by atoms with Crippen molar-refractivity contribution in [1.29, 1.82) is 0 Å². The van der Waals surface area contributed by atoms with Gasteiger partial charge in [-0.25, -0.2) is 4.68 Å². The van der Waals surface area contributed by atoms with Crippen LogP contribution in [0.1, 0.15) is 54.6 Å². The van der Waals surface area contributed by atoms with Crippen LogP contribution < -0.4 is 15.0 Å². The Labute approximate surface area is 226 Å². The van der Waals surface area contributed by atoms with Crippen LogP contribution in [0, 0.1) is 0 Å².